The van der Waals surface area contributed by atoms with Crippen LogP contribution < -0.4 is 10.9 Å². The minimum atomic E-state index is -0.740. The molecule has 8 heteroatoms. The largest absolute Gasteiger partial charge is 0.324 e. The Hall–Kier alpha value is -3.26. The molecule has 1 amide bonds. The van der Waals surface area contributed by atoms with Gasteiger partial charge in [-0.3, -0.25) is 14.0 Å². The molecular weight excluding hydrogens is 362 g/mol. The van der Waals surface area contributed by atoms with Crippen molar-refractivity contribution >= 4 is 27.9 Å². The molecule has 0 aliphatic carbocycles. The number of imidazole rings is 1. The summed E-state index contributed by atoms with van der Waals surface area (Å²) < 4.78 is 3.14. The summed E-state index contributed by atoms with van der Waals surface area (Å²) >= 11 is 1.55. The molecule has 1 aromatic carbocycles. The highest BCUT2D eigenvalue weighted by Gasteiger charge is 2.19. The first-order chi connectivity index (χ1) is 13.0. The number of aromatic nitrogens is 4. The first-order valence-corrected chi connectivity index (χ1v) is 9.30. The summed E-state index contributed by atoms with van der Waals surface area (Å²) in [7, 11) is 0. The molecule has 27 heavy (non-hydrogen) atoms. The average molecular weight is 379 g/mol. The number of amides is 1. The molecule has 0 aliphatic heterocycles. The van der Waals surface area contributed by atoms with Crippen LogP contribution in [-0.4, -0.2) is 25.1 Å². The second-order valence-electron chi connectivity index (χ2n) is 6.19. The minimum absolute atomic E-state index is 0.314. The quantitative estimate of drug-likeness (QED) is 0.591. The van der Waals surface area contributed by atoms with Crippen LogP contribution in [0.2, 0.25) is 0 Å². The number of anilines is 1. The van der Waals surface area contributed by atoms with Gasteiger partial charge in [0.15, 0.2) is 4.96 Å². The first-order valence-electron chi connectivity index (χ1n) is 8.42. The maximum absolute atomic E-state index is 12.7. The maximum Gasteiger partial charge on any atom is 0.267 e. The van der Waals surface area contributed by atoms with E-state index in [0.717, 1.165) is 16.2 Å². The molecule has 0 fully saturated rings. The summed E-state index contributed by atoms with van der Waals surface area (Å²) in [6.07, 6.45) is 3.86. The van der Waals surface area contributed by atoms with E-state index in [9.17, 15) is 9.59 Å². The molecule has 0 unspecified atom stereocenters. The van der Waals surface area contributed by atoms with Crippen LogP contribution in [0.15, 0.2) is 59.0 Å². The van der Waals surface area contributed by atoms with Crippen molar-refractivity contribution in [3.63, 3.8) is 0 Å². The molecule has 4 rings (SSSR count). The monoisotopic (exact) mass is 379 g/mol. The standard InChI is InChI=1S/C19H17N5O2S/c1-12-7-8-17(25)24(22-12)13(2)18(26)20-15-6-4-3-5-14(15)16-11-23-9-10-27-19(23)21-16/h3-11,13H,1-2H3,(H,20,26)/t13-/m0/s1. The molecule has 0 aliphatic rings. The molecule has 0 radical (unpaired) electrons. The SMILES string of the molecule is Cc1ccc(=O)n([C@@H](C)C(=O)Nc2ccccc2-c2cn3ccsc3n2)n1. The first kappa shape index (κ1) is 17.2. The fraction of sp³-hybridized carbons (Fsp3) is 0.158. The summed E-state index contributed by atoms with van der Waals surface area (Å²) in [6.45, 7) is 3.43. The fourth-order valence-corrected chi connectivity index (χ4v) is 3.52. The molecule has 3 heterocycles. The highest BCUT2D eigenvalue weighted by Crippen LogP contribution is 2.28. The third-order valence-corrected chi connectivity index (χ3v) is 5.03. The Labute approximate surface area is 158 Å². The number of hydrogen-bond donors (Lipinski definition) is 1. The Morgan fingerprint density at radius 3 is 2.85 bits per heavy atom. The van der Waals surface area contributed by atoms with Gasteiger partial charge in [-0.1, -0.05) is 18.2 Å². The van der Waals surface area contributed by atoms with E-state index in [2.05, 4.69) is 15.4 Å². The summed E-state index contributed by atoms with van der Waals surface area (Å²) in [5.74, 6) is -0.316. The molecule has 0 spiro atoms. The van der Waals surface area contributed by atoms with E-state index in [4.69, 9.17) is 0 Å². The summed E-state index contributed by atoms with van der Waals surface area (Å²) in [4.78, 5) is 30.3. The van der Waals surface area contributed by atoms with Gasteiger partial charge in [0.1, 0.15) is 6.04 Å². The van der Waals surface area contributed by atoms with E-state index >= 15 is 0 Å². The van der Waals surface area contributed by atoms with E-state index in [1.807, 2.05) is 46.4 Å². The van der Waals surface area contributed by atoms with Crippen LogP contribution in [0.5, 0.6) is 0 Å². The number of carbonyl (C=O) groups excluding carboxylic acids is 1. The summed E-state index contributed by atoms with van der Waals surface area (Å²) in [6, 6.07) is 9.77. The second kappa shape index (κ2) is 6.81. The van der Waals surface area contributed by atoms with E-state index < -0.39 is 6.04 Å². The number of thiazole rings is 1. The lowest BCUT2D eigenvalue weighted by molar-refractivity contribution is -0.119. The van der Waals surface area contributed by atoms with Crippen molar-refractivity contribution in [1.82, 2.24) is 19.2 Å². The zero-order valence-corrected chi connectivity index (χ0v) is 15.6. The molecule has 136 valence electrons. The van der Waals surface area contributed by atoms with Gasteiger partial charge in [-0.05, 0) is 26.0 Å². The van der Waals surface area contributed by atoms with Gasteiger partial charge in [0, 0.05) is 29.4 Å². The molecule has 1 atom stereocenters. The molecule has 3 aromatic heterocycles. The van der Waals surface area contributed by atoms with Crippen LogP contribution in [0.4, 0.5) is 5.69 Å². The van der Waals surface area contributed by atoms with E-state index in [1.54, 1.807) is 31.3 Å². The Balaban J connectivity index is 1.65. The normalized spacial score (nSPS) is 12.2. The average Bonchev–Trinajstić information content (AvgIpc) is 3.25. The molecule has 0 saturated heterocycles. The van der Waals surface area contributed by atoms with Crippen LogP contribution in [0.25, 0.3) is 16.2 Å². The smallest absolute Gasteiger partial charge is 0.267 e. The molecule has 4 aromatic rings. The van der Waals surface area contributed by atoms with Gasteiger partial charge in [-0.25, -0.2) is 9.67 Å². The van der Waals surface area contributed by atoms with Gasteiger partial charge >= 0.3 is 0 Å². The molecule has 7 nitrogen and oxygen atoms in total. The number of fused-ring (bicyclic) bond motifs is 1. The number of benzene rings is 1. The van der Waals surface area contributed by atoms with E-state index in [1.165, 1.54) is 10.7 Å². The molecule has 0 saturated carbocycles. The topological polar surface area (TPSA) is 81.3 Å². The minimum Gasteiger partial charge on any atom is -0.324 e. The van der Waals surface area contributed by atoms with Crippen molar-refractivity contribution in [3.05, 3.63) is 70.2 Å². The Morgan fingerprint density at radius 1 is 1.22 bits per heavy atom. The van der Waals surface area contributed by atoms with Gasteiger partial charge in [-0.15, -0.1) is 11.3 Å². The predicted molar refractivity (Wildman–Crippen MR) is 105 cm³/mol. The second-order valence-corrected chi connectivity index (χ2v) is 7.06. The highest BCUT2D eigenvalue weighted by atomic mass is 32.1. The zero-order valence-electron chi connectivity index (χ0n) is 14.8. The molecule has 0 bridgehead atoms. The number of rotatable bonds is 4. The number of hydrogen-bond acceptors (Lipinski definition) is 5. The zero-order chi connectivity index (χ0) is 19.0. The van der Waals surface area contributed by atoms with Crippen LogP contribution >= 0.6 is 11.3 Å². The van der Waals surface area contributed by atoms with E-state index in [0.29, 0.717) is 11.4 Å². The Bertz CT molecular complexity index is 1160. The van der Waals surface area contributed by atoms with Crippen molar-refractivity contribution in [1.29, 1.82) is 0 Å². The fourth-order valence-electron chi connectivity index (χ4n) is 2.82. The third-order valence-electron chi connectivity index (χ3n) is 4.26. The number of nitrogens with one attached hydrogen (secondary N) is 1. The number of carbonyl (C=O) groups is 1. The van der Waals surface area contributed by atoms with Gasteiger partial charge in [0.2, 0.25) is 5.91 Å². The lowest BCUT2D eigenvalue weighted by Crippen LogP contribution is -2.33. The number of para-hydroxylation sites is 1. The van der Waals surface area contributed by atoms with Crippen molar-refractivity contribution in [2.24, 2.45) is 0 Å². The lowest BCUT2D eigenvalue weighted by Gasteiger charge is -2.15. The van der Waals surface area contributed by atoms with Gasteiger partial charge in [0.25, 0.3) is 5.56 Å². The lowest BCUT2D eigenvalue weighted by atomic mass is 10.1. The van der Waals surface area contributed by atoms with Crippen LogP contribution in [-0.2, 0) is 4.79 Å². The van der Waals surface area contributed by atoms with Crippen molar-refractivity contribution in [2.75, 3.05) is 5.32 Å². The van der Waals surface area contributed by atoms with Crippen LogP contribution in [0, 0.1) is 6.92 Å². The maximum atomic E-state index is 12.7. The number of aryl methyl sites for hydroxylation is 1. The predicted octanol–water partition coefficient (Wildman–Crippen LogP) is 3.13. The van der Waals surface area contributed by atoms with Gasteiger partial charge in [-0.2, -0.15) is 5.10 Å². The summed E-state index contributed by atoms with van der Waals surface area (Å²) in [5, 5.41) is 9.04. The number of nitrogens with zero attached hydrogens (tertiary/aromatic N) is 4. The van der Waals surface area contributed by atoms with Gasteiger partial charge < -0.3 is 5.32 Å². The molecule has 1 N–H and O–H groups in total. The van der Waals surface area contributed by atoms with Crippen LogP contribution in [0.3, 0.4) is 0 Å². The van der Waals surface area contributed by atoms with Crippen molar-refractivity contribution in [3.8, 4) is 11.3 Å². The molecular formula is C19H17N5O2S. The third kappa shape index (κ3) is 3.26. The van der Waals surface area contributed by atoms with Crippen LogP contribution in [0.1, 0.15) is 18.7 Å². The summed E-state index contributed by atoms with van der Waals surface area (Å²) in [5.41, 5.74) is 2.59. The highest BCUT2D eigenvalue weighted by molar-refractivity contribution is 7.15. The van der Waals surface area contributed by atoms with Crippen molar-refractivity contribution < 1.29 is 4.79 Å². The van der Waals surface area contributed by atoms with Gasteiger partial charge in [0.05, 0.1) is 17.1 Å². The van der Waals surface area contributed by atoms with Crippen molar-refractivity contribution in [2.45, 2.75) is 19.9 Å². The Kier molecular flexibility index (Phi) is 4.33. The van der Waals surface area contributed by atoms with E-state index in [-0.39, 0.29) is 11.5 Å². The Morgan fingerprint density at radius 2 is 2.04 bits per heavy atom.